The predicted octanol–water partition coefficient (Wildman–Crippen LogP) is 3.23. The number of methoxy groups -OCH3 is 1. The van der Waals surface area contributed by atoms with Gasteiger partial charge in [0.2, 0.25) is 0 Å². The number of nitrogens with one attached hydrogen (secondary N) is 1. The maximum Gasteiger partial charge on any atom is 0.277 e. The van der Waals surface area contributed by atoms with E-state index in [1.54, 1.807) is 31.4 Å². The van der Waals surface area contributed by atoms with Crippen molar-refractivity contribution >= 4 is 11.6 Å². The molecule has 2 aromatic rings. The first-order valence-electron chi connectivity index (χ1n) is 7.67. The molecule has 0 unspecified atom stereocenters. The van der Waals surface area contributed by atoms with Crippen LogP contribution in [0.15, 0.2) is 47.6 Å². The number of amides is 1. The van der Waals surface area contributed by atoms with E-state index in [1.165, 1.54) is 0 Å². The number of hydrazone groups is 1. The molecule has 0 fully saturated rings. The second kappa shape index (κ2) is 8.15. The Morgan fingerprint density at radius 2 is 1.75 bits per heavy atom. The van der Waals surface area contributed by atoms with Crippen LogP contribution in [0.25, 0.3) is 0 Å². The second-order valence-corrected chi connectivity index (χ2v) is 5.51. The van der Waals surface area contributed by atoms with Crippen molar-refractivity contribution in [2.75, 3.05) is 13.7 Å². The summed E-state index contributed by atoms with van der Waals surface area (Å²) >= 11 is 0. The molecule has 0 aliphatic carbocycles. The van der Waals surface area contributed by atoms with Crippen LogP contribution in [-0.2, 0) is 4.79 Å². The van der Waals surface area contributed by atoms with Gasteiger partial charge in [0.1, 0.15) is 11.5 Å². The smallest absolute Gasteiger partial charge is 0.277 e. The van der Waals surface area contributed by atoms with Crippen molar-refractivity contribution in [3.8, 4) is 11.5 Å². The summed E-state index contributed by atoms with van der Waals surface area (Å²) in [5, 5.41) is 4.15. The molecule has 0 aliphatic rings. The first-order valence-corrected chi connectivity index (χ1v) is 7.67. The van der Waals surface area contributed by atoms with Crippen LogP contribution in [0.2, 0.25) is 0 Å². The molecule has 0 saturated heterocycles. The fourth-order valence-electron chi connectivity index (χ4n) is 2.19. The van der Waals surface area contributed by atoms with E-state index in [0.717, 1.165) is 28.2 Å². The highest BCUT2D eigenvalue weighted by atomic mass is 16.5. The maximum absolute atomic E-state index is 11.9. The monoisotopic (exact) mass is 326 g/mol. The first-order chi connectivity index (χ1) is 11.5. The Balaban J connectivity index is 1.90. The number of aryl methyl sites for hydroxylation is 2. The molecular weight excluding hydrogens is 304 g/mol. The summed E-state index contributed by atoms with van der Waals surface area (Å²) < 4.78 is 10.5. The molecule has 0 spiro atoms. The van der Waals surface area contributed by atoms with Crippen LogP contribution < -0.4 is 14.9 Å². The van der Waals surface area contributed by atoms with E-state index in [0.29, 0.717) is 5.75 Å². The number of carbonyl (C=O) groups is 1. The molecule has 5 nitrogen and oxygen atoms in total. The van der Waals surface area contributed by atoms with E-state index >= 15 is 0 Å². The van der Waals surface area contributed by atoms with E-state index in [9.17, 15) is 4.79 Å². The molecule has 5 heteroatoms. The lowest BCUT2D eigenvalue weighted by molar-refractivity contribution is -0.123. The van der Waals surface area contributed by atoms with Gasteiger partial charge in [-0.3, -0.25) is 4.79 Å². The third-order valence-electron chi connectivity index (χ3n) is 3.56. The van der Waals surface area contributed by atoms with Gasteiger partial charge in [0.15, 0.2) is 6.61 Å². The molecule has 1 N–H and O–H groups in total. The summed E-state index contributed by atoms with van der Waals surface area (Å²) in [6.45, 7) is 5.81. The van der Waals surface area contributed by atoms with Gasteiger partial charge in [-0.2, -0.15) is 5.10 Å². The van der Waals surface area contributed by atoms with Gasteiger partial charge in [0.05, 0.1) is 12.8 Å². The molecule has 0 bridgehead atoms. The van der Waals surface area contributed by atoms with Crippen LogP contribution in [-0.4, -0.2) is 25.3 Å². The summed E-state index contributed by atoms with van der Waals surface area (Å²) in [7, 11) is 1.60. The molecular formula is C19H22N2O3. The van der Waals surface area contributed by atoms with Gasteiger partial charge in [-0.1, -0.05) is 17.7 Å². The Labute approximate surface area is 142 Å². The molecule has 2 aromatic carbocycles. The number of hydrogen-bond donors (Lipinski definition) is 1. The predicted molar refractivity (Wildman–Crippen MR) is 94.8 cm³/mol. The average Bonchev–Trinajstić information content (AvgIpc) is 2.60. The molecule has 0 atom stereocenters. The van der Waals surface area contributed by atoms with Gasteiger partial charge in [-0.05, 0) is 56.7 Å². The highest BCUT2D eigenvalue weighted by Crippen LogP contribution is 2.16. The van der Waals surface area contributed by atoms with Crippen LogP contribution in [0.5, 0.6) is 11.5 Å². The zero-order valence-corrected chi connectivity index (χ0v) is 14.4. The number of hydrogen-bond acceptors (Lipinski definition) is 4. The molecule has 0 aliphatic heterocycles. The number of rotatable bonds is 6. The fourth-order valence-corrected chi connectivity index (χ4v) is 2.19. The quantitative estimate of drug-likeness (QED) is 0.655. The third-order valence-corrected chi connectivity index (χ3v) is 3.56. The SMILES string of the molecule is COc1ccc(OCC(=O)N/N=C(/C)c2cc(C)ccc2C)cc1. The minimum atomic E-state index is -0.310. The van der Waals surface area contributed by atoms with Gasteiger partial charge in [0, 0.05) is 5.56 Å². The summed E-state index contributed by atoms with van der Waals surface area (Å²) in [5.74, 6) is 1.03. The van der Waals surface area contributed by atoms with Crippen LogP contribution in [0.1, 0.15) is 23.6 Å². The fraction of sp³-hybridized carbons (Fsp3) is 0.263. The molecule has 1 amide bonds. The van der Waals surface area contributed by atoms with Crippen LogP contribution >= 0.6 is 0 Å². The van der Waals surface area contributed by atoms with Crippen molar-refractivity contribution in [1.82, 2.24) is 5.43 Å². The lowest BCUT2D eigenvalue weighted by Gasteiger charge is -2.08. The molecule has 0 saturated carbocycles. The van der Waals surface area contributed by atoms with E-state index in [4.69, 9.17) is 9.47 Å². The molecule has 0 radical (unpaired) electrons. The minimum Gasteiger partial charge on any atom is -0.497 e. The van der Waals surface area contributed by atoms with Crippen LogP contribution in [0.4, 0.5) is 0 Å². The largest absolute Gasteiger partial charge is 0.497 e. The maximum atomic E-state index is 11.9. The second-order valence-electron chi connectivity index (χ2n) is 5.51. The highest BCUT2D eigenvalue weighted by molar-refractivity contribution is 6.00. The molecule has 126 valence electrons. The Morgan fingerprint density at radius 1 is 1.08 bits per heavy atom. The van der Waals surface area contributed by atoms with E-state index in [2.05, 4.69) is 10.5 Å². The van der Waals surface area contributed by atoms with Gasteiger partial charge >= 0.3 is 0 Å². The number of nitrogens with zero attached hydrogens (tertiary/aromatic N) is 1. The molecule has 24 heavy (non-hydrogen) atoms. The summed E-state index contributed by atoms with van der Waals surface area (Å²) in [4.78, 5) is 11.9. The topological polar surface area (TPSA) is 59.9 Å². The van der Waals surface area contributed by atoms with Gasteiger partial charge < -0.3 is 9.47 Å². The highest BCUT2D eigenvalue weighted by Gasteiger charge is 2.05. The van der Waals surface area contributed by atoms with Crippen molar-refractivity contribution in [1.29, 1.82) is 0 Å². The number of ether oxygens (including phenoxy) is 2. The normalized spacial score (nSPS) is 11.1. The van der Waals surface area contributed by atoms with Crippen molar-refractivity contribution in [2.45, 2.75) is 20.8 Å². The molecule has 0 aromatic heterocycles. The van der Waals surface area contributed by atoms with Crippen molar-refractivity contribution in [2.24, 2.45) is 5.10 Å². The molecule has 0 heterocycles. The summed E-state index contributed by atoms with van der Waals surface area (Å²) in [6, 6.07) is 13.2. The number of benzene rings is 2. The van der Waals surface area contributed by atoms with Crippen molar-refractivity contribution in [3.63, 3.8) is 0 Å². The lowest BCUT2D eigenvalue weighted by Crippen LogP contribution is -2.25. The van der Waals surface area contributed by atoms with Gasteiger partial charge in [-0.25, -0.2) is 5.43 Å². The van der Waals surface area contributed by atoms with Crippen LogP contribution in [0.3, 0.4) is 0 Å². The Kier molecular flexibility index (Phi) is 5.95. The van der Waals surface area contributed by atoms with Gasteiger partial charge in [0.25, 0.3) is 5.91 Å². The third kappa shape index (κ3) is 4.84. The zero-order chi connectivity index (χ0) is 17.5. The Bertz CT molecular complexity index is 737. The van der Waals surface area contributed by atoms with Gasteiger partial charge in [-0.15, -0.1) is 0 Å². The minimum absolute atomic E-state index is 0.101. The first kappa shape index (κ1) is 17.5. The Morgan fingerprint density at radius 3 is 2.42 bits per heavy atom. The summed E-state index contributed by atoms with van der Waals surface area (Å²) in [6.07, 6.45) is 0. The average molecular weight is 326 g/mol. The van der Waals surface area contributed by atoms with Crippen molar-refractivity contribution in [3.05, 3.63) is 59.2 Å². The van der Waals surface area contributed by atoms with E-state index in [-0.39, 0.29) is 12.5 Å². The summed E-state index contributed by atoms with van der Waals surface area (Å²) in [5.41, 5.74) is 6.57. The lowest BCUT2D eigenvalue weighted by atomic mass is 10.0. The zero-order valence-electron chi connectivity index (χ0n) is 14.4. The van der Waals surface area contributed by atoms with Crippen molar-refractivity contribution < 1.29 is 14.3 Å². The number of carbonyl (C=O) groups excluding carboxylic acids is 1. The van der Waals surface area contributed by atoms with Crippen LogP contribution in [0, 0.1) is 13.8 Å². The Hall–Kier alpha value is -2.82. The molecule has 2 rings (SSSR count). The van der Waals surface area contributed by atoms with E-state index < -0.39 is 0 Å². The van der Waals surface area contributed by atoms with E-state index in [1.807, 2.05) is 39.0 Å². The standard InChI is InChI=1S/C19H22N2O3/c1-13-5-6-14(2)18(11-13)15(3)20-21-19(22)12-24-17-9-7-16(23-4)8-10-17/h5-11H,12H2,1-4H3,(H,21,22)/b20-15-.